The van der Waals surface area contributed by atoms with Crippen LogP contribution in [0.5, 0.6) is 0 Å². The van der Waals surface area contributed by atoms with E-state index in [1.54, 1.807) is 0 Å². The Morgan fingerprint density at radius 3 is 2.00 bits per heavy atom. The molecular weight excluding hydrogens is 428 g/mol. The summed E-state index contributed by atoms with van der Waals surface area (Å²) in [6, 6.07) is 33.9. The van der Waals surface area contributed by atoms with Gasteiger partial charge in [-0.15, -0.1) is 9.13 Å². The minimum atomic E-state index is -1.56. The molecule has 2 aliphatic rings. The molecule has 0 amide bonds. The second kappa shape index (κ2) is 6.52. The summed E-state index contributed by atoms with van der Waals surface area (Å²) in [7, 11) is -1.56. The van der Waals surface area contributed by atoms with Crippen molar-refractivity contribution in [3.05, 3.63) is 114 Å². The number of hydrogen-bond acceptors (Lipinski definition) is 0. The highest BCUT2D eigenvalue weighted by Crippen LogP contribution is 2.47. The van der Waals surface area contributed by atoms with E-state index < -0.39 is 13.7 Å². The van der Waals surface area contributed by atoms with Crippen LogP contribution in [0.1, 0.15) is 16.7 Å². The van der Waals surface area contributed by atoms with E-state index in [0.717, 1.165) is 0 Å². The fourth-order valence-corrected chi connectivity index (χ4v) is 8.22. The molecule has 1 atom stereocenters. The molecule has 5 aromatic rings. The van der Waals surface area contributed by atoms with Crippen molar-refractivity contribution >= 4 is 24.2 Å². The van der Waals surface area contributed by atoms with Gasteiger partial charge in [-0.2, -0.15) is 0 Å². The summed E-state index contributed by atoms with van der Waals surface area (Å²) in [5.41, 5.74) is 10.2. The van der Waals surface area contributed by atoms with E-state index in [2.05, 4.69) is 133 Å². The molecule has 0 bridgehead atoms. The monoisotopic (exact) mass is 456 g/mol. The third kappa shape index (κ3) is 2.30. The Bertz CT molecular complexity index is 1660. The second-order valence-corrected chi connectivity index (χ2v) is 15.8. The summed E-state index contributed by atoms with van der Waals surface area (Å²) in [4.78, 5) is 0. The molecule has 0 aliphatic carbocycles. The zero-order valence-corrected chi connectivity index (χ0v) is 21.1. The molecule has 7 rings (SSSR count). The van der Waals surface area contributed by atoms with Gasteiger partial charge in [0.2, 0.25) is 16.9 Å². The predicted molar refractivity (Wildman–Crippen MR) is 141 cm³/mol. The smallest absolute Gasteiger partial charge is 0.126 e. The first-order chi connectivity index (χ1) is 16.4. The number of benzene rings is 3. The van der Waals surface area contributed by atoms with E-state index in [9.17, 15) is 0 Å². The summed E-state index contributed by atoms with van der Waals surface area (Å²) in [6.07, 6.45) is 2.50. The Morgan fingerprint density at radius 2 is 1.29 bits per heavy atom. The van der Waals surface area contributed by atoms with Crippen molar-refractivity contribution in [2.24, 2.45) is 0 Å². The highest BCUT2D eigenvalue weighted by molar-refractivity contribution is 6.88. The Balaban J connectivity index is 1.75. The molecule has 2 aromatic heterocycles. The first-order valence-electron chi connectivity index (χ1n) is 12.1. The van der Waals surface area contributed by atoms with Crippen LogP contribution in [0, 0.1) is 6.92 Å². The molecule has 0 saturated carbocycles. The first kappa shape index (κ1) is 19.9. The van der Waals surface area contributed by atoms with Crippen molar-refractivity contribution in [2.75, 3.05) is 0 Å². The number of pyridine rings is 2. The van der Waals surface area contributed by atoms with Crippen LogP contribution < -0.4 is 14.3 Å². The van der Waals surface area contributed by atoms with Crippen LogP contribution in [0.15, 0.2) is 97.2 Å². The molecular formula is C31H28N2Si+2. The fourth-order valence-electron chi connectivity index (χ4n) is 6.45. The van der Waals surface area contributed by atoms with Crippen LogP contribution in [0.25, 0.3) is 33.4 Å². The average molecular weight is 457 g/mol. The Hall–Kier alpha value is -3.56. The van der Waals surface area contributed by atoms with E-state index in [1.165, 1.54) is 55.3 Å². The first-order valence-corrected chi connectivity index (χ1v) is 15.6. The quantitative estimate of drug-likeness (QED) is 0.227. The molecule has 3 aromatic carbocycles. The zero-order valence-electron chi connectivity index (χ0n) is 20.1. The lowest BCUT2D eigenvalue weighted by atomic mass is 9.90. The lowest BCUT2D eigenvalue weighted by Gasteiger charge is -2.22. The number of aromatic nitrogens is 2. The summed E-state index contributed by atoms with van der Waals surface area (Å²) in [5.74, 6) is 0. The Labute approximate surface area is 201 Å². The molecule has 4 heterocycles. The van der Waals surface area contributed by atoms with E-state index in [-0.39, 0.29) is 0 Å². The molecule has 34 heavy (non-hydrogen) atoms. The normalized spacial score (nSPS) is 17.5. The van der Waals surface area contributed by atoms with Crippen molar-refractivity contribution < 1.29 is 9.13 Å². The summed E-state index contributed by atoms with van der Waals surface area (Å²) in [5, 5.41) is 2.79. The van der Waals surface area contributed by atoms with Crippen LogP contribution in [0.3, 0.4) is 0 Å². The molecule has 0 N–H and O–H groups in total. The van der Waals surface area contributed by atoms with Gasteiger partial charge in [-0.1, -0.05) is 56.0 Å². The van der Waals surface area contributed by atoms with Gasteiger partial charge in [0.15, 0.2) is 6.20 Å². The molecule has 164 valence electrons. The summed E-state index contributed by atoms with van der Waals surface area (Å²) >= 11 is 0. The molecule has 1 unspecified atom stereocenters. The Kier molecular flexibility index (Phi) is 3.81. The van der Waals surface area contributed by atoms with E-state index in [4.69, 9.17) is 0 Å². The maximum absolute atomic E-state index is 2.60. The minimum Gasteiger partial charge on any atom is -0.126 e. The topological polar surface area (TPSA) is 7.76 Å². The van der Waals surface area contributed by atoms with Gasteiger partial charge in [0, 0.05) is 28.8 Å². The van der Waals surface area contributed by atoms with Gasteiger partial charge < -0.3 is 0 Å². The van der Waals surface area contributed by atoms with Crippen molar-refractivity contribution in [1.29, 1.82) is 0 Å². The number of nitrogens with zero attached hydrogens (tertiary/aromatic N) is 2. The van der Waals surface area contributed by atoms with Gasteiger partial charge in [-0.3, -0.25) is 0 Å². The summed E-state index contributed by atoms with van der Waals surface area (Å²) < 4.78 is 5.20. The van der Waals surface area contributed by atoms with Gasteiger partial charge >= 0.3 is 5.66 Å². The maximum atomic E-state index is 2.60. The third-order valence-corrected chi connectivity index (χ3v) is 9.91. The zero-order chi connectivity index (χ0) is 23.2. The SMILES string of the molecule is Cc1cc2[n+](cc1[Si](C)(C)C)C1(c3ccccc3-2)c2ccccc2-c2ccc3ccccc3[n+]21. The van der Waals surface area contributed by atoms with E-state index >= 15 is 0 Å². The van der Waals surface area contributed by atoms with Gasteiger partial charge in [0.25, 0.3) is 0 Å². The number of fused-ring (bicyclic) bond motifs is 12. The van der Waals surface area contributed by atoms with Crippen LogP contribution in [-0.2, 0) is 5.66 Å². The molecule has 2 nitrogen and oxygen atoms in total. The van der Waals surface area contributed by atoms with Gasteiger partial charge in [-0.25, -0.2) is 0 Å². The molecule has 0 fully saturated rings. The fraction of sp³-hybridized carbons (Fsp3) is 0.161. The highest BCUT2D eigenvalue weighted by atomic mass is 28.3. The average Bonchev–Trinajstić information content (AvgIpc) is 3.30. The van der Waals surface area contributed by atoms with E-state index in [1.807, 2.05) is 0 Å². The number of hydrogen-bond donors (Lipinski definition) is 0. The number of para-hydroxylation sites is 1. The van der Waals surface area contributed by atoms with Gasteiger partial charge in [0.05, 0.1) is 19.2 Å². The van der Waals surface area contributed by atoms with Crippen LogP contribution in [-0.4, -0.2) is 8.07 Å². The van der Waals surface area contributed by atoms with Crippen molar-refractivity contribution in [3.8, 4) is 22.5 Å². The van der Waals surface area contributed by atoms with E-state index in [0.29, 0.717) is 0 Å². The molecule has 2 aliphatic heterocycles. The molecule has 1 spiro atoms. The predicted octanol–water partition coefficient (Wildman–Crippen LogP) is 5.53. The van der Waals surface area contributed by atoms with Crippen LogP contribution in [0.4, 0.5) is 0 Å². The molecule has 0 radical (unpaired) electrons. The lowest BCUT2D eigenvalue weighted by Crippen LogP contribution is -2.72. The standard InChI is InChI=1S/C31H28N2Si/c1-21-19-29-24-13-7-9-15-26(24)31(32(29)20-30(21)34(2,3)4)25-14-8-6-12-23(25)28-18-17-22-11-5-10-16-27(22)33(28)31/h5-20H,1-4H3/q+2. The van der Waals surface area contributed by atoms with Crippen molar-refractivity contribution in [3.63, 3.8) is 0 Å². The second-order valence-electron chi connectivity index (χ2n) is 10.8. The number of aryl methyl sites for hydroxylation is 1. The van der Waals surface area contributed by atoms with Crippen molar-refractivity contribution in [1.82, 2.24) is 0 Å². The largest absolute Gasteiger partial charge is 0.418 e. The number of rotatable bonds is 1. The van der Waals surface area contributed by atoms with Crippen molar-refractivity contribution in [2.45, 2.75) is 32.2 Å². The highest BCUT2D eigenvalue weighted by Gasteiger charge is 2.67. The third-order valence-electron chi connectivity index (χ3n) is 7.77. The molecule has 0 saturated heterocycles. The lowest BCUT2D eigenvalue weighted by molar-refractivity contribution is -0.944. The van der Waals surface area contributed by atoms with Crippen LogP contribution >= 0.6 is 0 Å². The molecule has 3 heteroatoms. The maximum Gasteiger partial charge on any atom is 0.418 e. The van der Waals surface area contributed by atoms with Crippen LogP contribution in [0.2, 0.25) is 19.6 Å². The van der Waals surface area contributed by atoms with Gasteiger partial charge in [0.1, 0.15) is 11.1 Å². The minimum absolute atomic E-state index is 0.444. The Morgan fingerprint density at radius 1 is 0.676 bits per heavy atom. The summed E-state index contributed by atoms with van der Waals surface area (Å²) in [6.45, 7) is 9.66. The van der Waals surface area contributed by atoms with Gasteiger partial charge in [-0.05, 0) is 48.9 Å².